The quantitative estimate of drug-likeness (QED) is 0.278. The second kappa shape index (κ2) is 14.4. The van der Waals surface area contributed by atoms with E-state index in [4.69, 9.17) is 6.42 Å². The lowest BCUT2D eigenvalue weighted by Gasteiger charge is -2.41. The van der Waals surface area contributed by atoms with Gasteiger partial charge in [-0.05, 0) is 88.3 Å². The topological polar surface area (TPSA) is 86.8 Å². The number of nitrogens with zero attached hydrogens (tertiary/aromatic N) is 2. The van der Waals surface area contributed by atoms with E-state index in [9.17, 15) is 31.2 Å². The Morgan fingerprint density at radius 3 is 2.24 bits per heavy atom. The number of alkyl halides is 3. The van der Waals surface area contributed by atoms with Crippen molar-refractivity contribution in [1.82, 2.24) is 15.1 Å². The molecule has 7 nitrogen and oxygen atoms in total. The number of sulfone groups is 1. The number of benzene rings is 2. The zero-order chi connectivity index (χ0) is 31.1. The maximum Gasteiger partial charge on any atom is 0.416 e. The van der Waals surface area contributed by atoms with Crippen LogP contribution >= 0.6 is 11.8 Å². The molecule has 1 N–H and O–H groups in total. The average Bonchev–Trinajstić information content (AvgIpc) is 2.97. The van der Waals surface area contributed by atoms with Crippen molar-refractivity contribution in [3.05, 3.63) is 59.7 Å². The number of thioether (sulfide) groups is 1. The number of rotatable bonds is 11. The van der Waals surface area contributed by atoms with Crippen molar-refractivity contribution in [3.8, 4) is 12.3 Å². The Morgan fingerprint density at radius 1 is 1.07 bits per heavy atom. The Kier molecular flexibility index (Phi) is 11.5. The average molecular weight is 624 g/mol. The lowest BCUT2D eigenvalue weighted by molar-refractivity contribution is -0.137. The summed E-state index contributed by atoms with van der Waals surface area (Å²) in [4.78, 5) is 30.6. The summed E-state index contributed by atoms with van der Waals surface area (Å²) in [6.07, 6.45) is 5.27. The Morgan fingerprint density at radius 2 is 1.69 bits per heavy atom. The summed E-state index contributed by atoms with van der Waals surface area (Å²) in [5, 5.41) is 2.37. The minimum atomic E-state index is -4.63. The number of hydrogen-bond acceptors (Lipinski definition) is 6. The molecule has 0 spiro atoms. The molecule has 0 heterocycles. The zero-order valence-corrected chi connectivity index (χ0v) is 25.5. The third-order valence-corrected chi connectivity index (χ3v) is 9.77. The molecular formula is C30H36F3N3O4S2. The summed E-state index contributed by atoms with van der Waals surface area (Å²) in [7, 11) is -3.92. The molecule has 2 amide bonds. The minimum absolute atomic E-state index is 0.0693. The predicted octanol–water partition coefficient (Wildman–Crippen LogP) is 5.07. The van der Waals surface area contributed by atoms with Crippen molar-refractivity contribution in [1.29, 1.82) is 0 Å². The van der Waals surface area contributed by atoms with Gasteiger partial charge in [0.2, 0.25) is 5.91 Å². The number of amides is 2. The van der Waals surface area contributed by atoms with Gasteiger partial charge >= 0.3 is 6.18 Å². The van der Waals surface area contributed by atoms with Crippen LogP contribution in [0.25, 0.3) is 0 Å². The van der Waals surface area contributed by atoms with Crippen LogP contribution in [0.2, 0.25) is 0 Å². The largest absolute Gasteiger partial charge is 0.416 e. The van der Waals surface area contributed by atoms with Gasteiger partial charge in [-0.1, -0.05) is 12.0 Å². The molecule has 2 aromatic rings. The molecule has 1 saturated carbocycles. The third kappa shape index (κ3) is 8.75. The second-order valence-electron chi connectivity index (χ2n) is 10.5. The van der Waals surface area contributed by atoms with Gasteiger partial charge in [-0.25, -0.2) is 8.42 Å². The van der Waals surface area contributed by atoms with Crippen LogP contribution in [0.1, 0.15) is 55.5 Å². The van der Waals surface area contributed by atoms with Crippen molar-refractivity contribution < 1.29 is 31.2 Å². The van der Waals surface area contributed by atoms with Crippen molar-refractivity contribution in [2.45, 2.75) is 73.6 Å². The number of halogens is 3. The first kappa shape index (κ1) is 33.5. The van der Waals surface area contributed by atoms with Crippen LogP contribution in [0.15, 0.2) is 58.3 Å². The fourth-order valence-corrected chi connectivity index (χ4v) is 6.99. The van der Waals surface area contributed by atoms with Gasteiger partial charge in [0.1, 0.15) is 5.88 Å². The summed E-state index contributed by atoms with van der Waals surface area (Å²) in [5.74, 6) is 0.603. The van der Waals surface area contributed by atoms with Crippen LogP contribution in [0, 0.1) is 12.3 Å². The van der Waals surface area contributed by atoms with E-state index in [-0.39, 0.29) is 22.5 Å². The Bertz CT molecular complexity index is 1380. The van der Waals surface area contributed by atoms with Gasteiger partial charge in [0.05, 0.1) is 23.5 Å². The summed E-state index contributed by atoms with van der Waals surface area (Å²) < 4.78 is 66.1. The molecule has 0 bridgehead atoms. The molecule has 0 aliphatic heterocycles. The fraction of sp³-hybridized carbons (Fsp3) is 0.467. The van der Waals surface area contributed by atoms with Crippen LogP contribution in [0.5, 0.6) is 0 Å². The van der Waals surface area contributed by atoms with Crippen LogP contribution in [0.4, 0.5) is 13.2 Å². The summed E-state index contributed by atoms with van der Waals surface area (Å²) >= 11 is 1.47. The first-order valence-electron chi connectivity index (χ1n) is 13.6. The number of nitrogens with one attached hydrogen (secondary N) is 1. The molecule has 0 radical (unpaired) electrons. The molecule has 0 saturated heterocycles. The molecule has 228 valence electrons. The highest BCUT2D eigenvalue weighted by Gasteiger charge is 2.35. The monoisotopic (exact) mass is 623 g/mol. The normalized spacial score (nSPS) is 17.6. The fourth-order valence-electron chi connectivity index (χ4n) is 5.16. The van der Waals surface area contributed by atoms with E-state index in [1.54, 1.807) is 12.1 Å². The molecule has 0 unspecified atom stereocenters. The first-order valence-corrected chi connectivity index (χ1v) is 16.5. The number of hydrogen-bond donors (Lipinski definition) is 1. The molecule has 0 aromatic heterocycles. The maximum atomic E-state index is 13.5. The standard InChI is InChI=1S/C30H36F3N3O4S2/c1-5-17-35(21(2)3)24-9-11-25(12-10-24)36(20-42(39,40)27-15-13-26(41-4)14-16-27)28(37)19-34-29(38)22-7-6-8-23(18-22)30(31,32)33/h1,6-8,13-16,18,21,24-25H,9-12,17,19-20H2,2-4H3,(H,34,38). The van der Waals surface area contributed by atoms with Crippen LogP contribution in [-0.4, -0.2) is 73.4 Å². The van der Waals surface area contributed by atoms with Crippen LogP contribution in [-0.2, 0) is 20.8 Å². The van der Waals surface area contributed by atoms with Crippen molar-refractivity contribution in [2.75, 3.05) is 25.2 Å². The maximum absolute atomic E-state index is 13.5. The van der Waals surface area contributed by atoms with E-state index < -0.39 is 51.9 Å². The molecular weight excluding hydrogens is 587 g/mol. The van der Waals surface area contributed by atoms with Crippen LogP contribution < -0.4 is 5.32 Å². The highest BCUT2D eigenvalue weighted by atomic mass is 32.2. The van der Waals surface area contributed by atoms with Gasteiger partial charge in [0, 0.05) is 28.6 Å². The lowest BCUT2D eigenvalue weighted by Crippen LogP contribution is -2.51. The zero-order valence-electron chi connectivity index (χ0n) is 23.9. The van der Waals surface area contributed by atoms with Crippen molar-refractivity contribution in [2.24, 2.45) is 0 Å². The Labute approximate surface area is 250 Å². The first-order chi connectivity index (χ1) is 19.8. The lowest BCUT2D eigenvalue weighted by atomic mass is 9.88. The SMILES string of the molecule is C#CCN(C(C)C)C1CCC(N(CS(=O)(=O)c2ccc(SC)cc2)C(=O)CNC(=O)c2cccc(C(F)(F)F)c2)CC1. The van der Waals surface area contributed by atoms with Gasteiger partial charge in [-0.3, -0.25) is 14.5 Å². The third-order valence-electron chi connectivity index (χ3n) is 7.41. The number of carbonyl (C=O) groups excluding carboxylic acids is 2. The summed E-state index contributed by atoms with van der Waals surface area (Å²) in [6.45, 7) is 4.03. The molecule has 42 heavy (non-hydrogen) atoms. The molecule has 0 atom stereocenters. The van der Waals surface area contributed by atoms with E-state index in [2.05, 4.69) is 30.0 Å². The van der Waals surface area contributed by atoms with Crippen molar-refractivity contribution >= 4 is 33.4 Å². The smallest absolute Gasteiger partial charge is 0.343 e. The second-order valence-corrected chi connectivity index (χ2v) is 13.3. The van der Waals surface area contributed by atoms with Gasteiger partial charge < -0.3 is 10.2 Å². The molecule has 3 rings (SSSR count). The molecule has 12 heteroatoms. The highest BCUT2D eigenvalue weighted by molar-refractivity contribution is 7.98. The van der Waals surface area contributed by atoms with Crippen LogP contribution in [0.3, 0.4) is 0 Å². The van der Waals surface area contributed by atoms with Gasteiger partial charge in [-0.15, -0.1) is 18.2 Å². The molecule has 1 aliphatic rings. The van der Waals surface area contributed by atoms with Gasteiger partial charge in [-0.2, -0.15) is 13.2 Å². The number of terminal acetylenes is 1. The van der Waals surface area contributed by atoms with Gasteiger partial charge in [0.15, 0.2) is 9.84 Å². The van der Waals surface area contributed by atoms with E-state index in [0.717, 1.165) is 17.0 Å². The molecule has 2 aromatic carbocycles. The number of carbonyl (C=O) groups is 2. The molecule has 1 aliphatic carbocycles. The van der Waals surface area contributed by atoms with Crippen molar-refractivity contribution in [3.63, 3.8) is 0 Å². The van der Waals surface area contributed by atoms with Gasteiger partial charge in [0.25, 0.3) is 5.91 Å². The van der Waals surface area contributed by atoms with E-state index >= 15 is 0 Å². The molecule has 1 fully saturated rings. The van der Waals surface area contributed by atoms with E-state index in [0.29, 0.717) is 38.3 Å². The highest BCUT2D eigenvalue weighted by Crippen LogP contribution is 2.30. The minimum Gasteiger partial charge on any atom is -0.343 e. The Balaban J connectivity index is 1.79. The summed E-state index contributed by atoms with van der Waals surface area (Å²) in [5.41, 5.74) is -1.24. The predicted molar refractivity (Wildman–Crippen MR) is 158 cm³/mol. The Hall–Kier alpha value is -3.01. The van der Waals surface area contributed by atoms with E-state index in [1.807, 2.05) is 6.26 Å². The van der Waals surface area contributed by atoms with E-state index in [1.165, 1.54) is 34.9 Å². The summed E-state index contributed by atoms with van der Waals surface area (Å²) in [6, 6.07) is 10.3.